The average molecular weight is 490 g/mol. The van der Waals surface area contributed by atoms with Crippen molar-refractivity contribution < 1.29 is 9.59 Å². The number of nitrogens with zero attached hydrogens (tertiary/aromatic N) is 3. The maximum Gasteiger partial charge on any atom is 0.317 e. The molecule has 2 fully saturated rings. The van der Waals surface area contributed by atoms with E-state index in [9.17, 15) is 14.4 Å². The largest absolute Gasteiger partial charge is 0.352 e. The summed E-state index contributed by atoms with van der Waals surface area (Å²) < 4.78 is 2.12. The van der Waals surface area contributed by atoms with Gasteiger partial charge in [0.25, 0.3) is 5.56 Å². The van der Waals surface area contributed by atoms with Crippen molar-refractivity contribution in [1.29, 1.82) is 0 Å². The normalized spacial score (nSPS) is 18.2. The molecular weight excluding hydrogens is 462 g/mol. The van der Waals surface area contributed by atoms with Gasteiger partial charge in [-0.3, -0.25) is 14.2 Å². The number of carbonyl (C=O) groups excluding carboxylic acids is 2. The van der Waals surface area contributed by atoms with Crippen LogP contribution in [0.25, 0.3) is 10.9 Å². The Hall–Kier alpha value is -2.42. The molecule has 1 aromatic heterocycles. The molecule has 4 rings (SSSR count). The molecule has 0 atom stereocenters. The number of rotatable bonds is 4. The number of urea groups is 1. The summed E-state index contributed by atoms with van der Waals surface area (Å²) in [4.78, 5) is 43.8. The Morgan fingerprint density at radius 1 is 1.03 bits per heavy atom. The molecule has 166 valence electrons. The van der Waals surface area contributed by atoms with Crippen molar-refractivity contribution in [1.82, 2.24) is 25.1 Å². The molecule has 2 aliphatic rings. The lowest BCUT2D eigenvalue weighted by Crippen LogP contribution is -2.52. The van der Waals surface area contributed by atoms with Crippen molar-refractivity contribution in [3.63, 3.8) is 0 Å². The third-order valence-electron chi connectivity index (χ3n) is 6.18. The SMILES string of the molecule is O=C(Cn1cnc2ccc(Br)cc2c1=O)NC1CCN(C(=O)NC2CCCCC2)CC1. The highest BCUT2D eigenvalue weighted by atomic mass is 79.9. The first-order valence-corrected chi connectivity index (χ1v) is 11.8. The van der Waals surface area contributed by atoms with Crippen molar-refractivity contribution in [3.05, 3.63) is 39.4 Å². The fourth-order valence-corrected chi connectivity index (χ4v) is 4.77. The van der Waals surface area contributed by atoms with E-state index in [1.54, 1.807) is 12.1 Å². The summed E-state index contributed by atoms with van der Waals surface area (Å²) in [6, 6.07) is 5.62. The van der Waals surface area contributed by atoms with Crippen LogP contribution >= 0.6 is 15.9 Å². The smallest absolute Gasteiger partial charge is 0.317 e. The maximum atomic E-state index is 12.7. The van der Waals surface area contributed by atoms with Gasteiger partial charge in [-0.1, -0.05) is 35.2 Å². The monoisotopic (exact) mass is 489 g/mol. The molecule has 1 saturated heterocycles. The zero-order chi connectivity index (χ0) is 21.8. The number of benzene rings is 1. The van der Waals surface area contributed by atoms with E-state index in [1.807, 2.05) is 11.0 Å². The second-order valence-corrected chi connectivity index (χ2v) is 9.37. The quantitative estimate of drug-likeness (QED) is 0.689. The van der Waals surface area contributed by atoms with Crippen molar-refractivity contribution in [2.24, 2.45) is 0 Å². The van der Waals surface area contributed by atoms with Gasteiger partial charge in [0.2, 0.25) is 5.91 Å². The van der Waals surface area contributed by atoms with Crippen molar-refractivity contribution in [2.45, 2.75) is 63.6 Å². The Bertz CT molecular complexity index is 1010. The Balaban J connectivity index is 1.27. The number of hydrogen-bond acceptors (Lipinski definition) is 4. The highest BCUT2D eigenvalue weighted by Crippen LogP contribution is 2.18. The van der Waals surface area contributed by atoms with Gasteiger partial charge in [-0.05, 0) is 43.9 Å². The van der Waals surface area contributed by atoms with Crippen LogP contribution in [0.1, 0.15) is 44.9 Å². The van der Waals surface area contributed by atoms with E-state index < -0.39 is 0 Å². The lowest BCUT2D eigenvalue weighted by molar-refractivity contribution is -0.122. The van der Waals surface area contributed by atoms with Crippen LogP contribution in [0, 0.1) is 0 Å². The molecule has 2 aromatic rings. The Kier molecular flexibility index (Phi) is 6.89. The Morgan fingerprint density at radius 2 is 1.74 bits per heavy atom. The minimum absolute atomic E-state index is 0.00416. The second-order valence-electron chi connectivity index (χ2n) is 8.45. The fourth-order valence-electron chi connectivity index (χ4n) is 4.41. The van der Waals surface area contributed by atoms with Crippen LogP contribution in [0.15, 0.2) is 33.8 Å². The molecule has 1 aliphatic heterocycles. The van der Waals surface area contributed by atoms with Gasteiger partial charge in [0, 0.05) is 29.6 Å². The van der Waals surface area contributed by atoms with Gasteiger partial charge in [0.15, 0.2) is 0 Å². The van der Waals surface area contributed by atoms with E-state index >= 15 is 0 Å². The first kappa shape index (κ1) is 21.8. The van der Waals surface area contributed by atoms with E-state index in [4.69, 9.17) is 0 Å². The zero-order valence-electron chi connectivity index (χ0n) is 17.5. The third kappa shape index (κ3) is 5.44. The fraction of sp³-hybridized carbons (Fsp3) is 0.545. The van der Waals surface area contributed by atoms with Gasteiger partial charge in [-0.25, -0.2) is 9.78 Å². The summed E-state index contributed by atoms with van der Waals surface area (Å²) in [6.45, 7) is 1.17. The summed E-state index contributed by atoms with van der Waals surface area (Å²) in [5.74, 6) is -0.219. The third-order valence-corrected chi connectivity index (χ3v) is 6.67. The van der Waals surface area contributed by atoms with Gasteiger partial charge in [-0.2, -0.15) is 0 Å². The first-order valence-electron chi connectivity index (χ1n) is 11.0. The first-order chi connectivity index (χ1) is 15.0. The predicted octanol–water partition coefficient (Wildman–Crippen LogP) is 2.78. The molecular formula is C22H28BrN5O3. The van der Waals surface area contributed by atoms with E-state index in [0.717, 1.165) is 17.3 Å². The lowest BCUT2D eigenvalue weighted by Gasteiger charge is -2.34. The molecule has 0 unspecified atom stereocenters. The maximum absolute atomic E-state index is 12.7. The number of halogens is 1. The van der Waals surface area contributed by atoms with Gasteiger partial charge >= 0.3 is 6.03 Å². The van der Waals surface area contributed by atoms with Crippen molar-refractivity contribution in [3.8, 4) is 0 Å². The van der Waals surface area contributed by atoms with Crippen molar-refractivity contribution >= 4 is 38.8 Å². The minimum atomic E-state index is -0.240. The van der Waals surface area contributed by atoms with Crippen LogP contribution in [0.3, 0.4) is 0 Å². The Labute approximate surface area is 189 Å². The zero-order valence-corrected chi connectivity index (χ0v) is 19.1. The molecule has 3 amide bonds. The molecule has 0 bridgehead atoms. The number of piperidine rings is 1. The second kappa shape index (κ2) is 9.80. The molecule has 1 aromatic carbocycles. The highest BCUT2D eigenvalue weighted by Gasteiger charge is 2.26. The average Bonchev–Trinajstić information content (AvgIpc) is 2.77. The number of aromatic nitrogens is 2. The van der Waals surface area contributed by atoms with Crippen LogP contribution in [0.4, 0.5) is 4.79 Å². The van der Waals surface area contributed by atoms with E-state index in [1.165, 1.54) is 30.2 Å². The van der Waals surface area contributed by atoms with Gasteiger partial charge in [0.1, 0.15) is 6.54 Å². The number of hydrogen-bond donors (Lipinski definition) is 2. The predicted molar refractivity (Wildman–Crippen MR) is 122 cm³/mol. The van der Waals surface area contributed by atoms with Crippen LogP contribution in [-0.2, 0) is 11.3 Å². The topological polar surface area (TPSA) is 96.3 Å². The number of nitrogens with one attached hydrogen (secondary N) is 2. The van der Waals surface area contributed by atoms with Crippen LogP contribution in [0.2, 0.25) is 0 Å². The molecule has 0 radical (unpaired) electrons. The van der Waals surface area contributed by atoms with E-state index in [0.29, 0.717) is 42.9 Å². The summed E-state index contributed by atoms with van der Waals surface area (Å²) >= 11 is 3.36. The van der Waals surface area contributed by atoms with Crippen molar-refractivity contribution in [2.75, 3.05) is 13.1 Å². The van der Waals surface area contributed by atoms with Crippen LogP contribution in [-0.4, -0.2) is 51.6 Å². The van der Waals surface area contributed by atoms with Gasteiger partial charge < -0.3 is 15.5 Å². The van der Waals surface area contributed by atoms with Gasteiger partial charge in [-0.15, -0.1) is 0 Å². The molecule has 2 N–H and O–H groups in total. The summed E-state index contributed by atoms with van der Waals surface area (Å²) in [6.07, 6.45) is 8.60. The Morgan fingerprint density at radius 3 is 2.48 bits per heavy atom. The molecule has 31 heavy (non-hydrogen) atoms. The van der Waals surface area contributed by atoms with E-state index in [-0.39, 0.29) is 30.1 Å². The number of amides is 3. The van der Waals surface area contributed by atoms with Gasteiger partial charge in [0.05, 0.1) is 17.2 Å². The summed E-state index contributed by atoms with van der Waals surface area (Å²) in [7, 11) is 0. The highest BCUT2D eigenvalue weighted by molar-refractivity contribution is 9.10. The molecule has 1 saturated carbocycles. The molecule has 9 heteroatoms. The summed E-state index contributed by atoms with van der Waals surface area (Å²) in [5.41, 5.74) is 0.361. The molecule has 1 aliphatic carbocycles. The van der Waals surface area contributed by atoms with E-state index in [2.05, 4.69) is 31.5 Å². The number of likely N-dealkylation sites (tertiary alicyclic amines) is 1. The molecule has 0 spiro atoms. The standard InChI is InChI=1S/C22H28BrN5O3/c23-15-6-7-19-18(12-15)21(30)28(14-24-19)13-20(29)25-17-8-10-27(11-9-17)22(31)26-16-4-2-1-3-5-16/h6-7,12,14,16-17H,1-5,8-11,13H2,(H,25,29)(H,26,31). The number of fused-ring (bicyclic) bond motifs is 1. The lowest BCUT2D eigenvalue weighted by atomic mass is 9.95. The number of carbonyl (C=O) groups is 2. The van der Waals surface area contributed by atoms with Crippen LogP contribution < -0.4 is 16.2 Å². The van der Waals surface area contributed by atoms with Crippen LogP contribution in [0.5, 0.6) is 0 Å². The molecule has 2 heterocycles. The minimum Gasteiger partial charge on any atom is -0.352 e. The summed E-state index contributed by atoms with van der Waals surface area (Å²) in [5, 5.41) is 6.63. The molecule has 8 nitrogen and oxygen atoms in total.